The minimum Gasteiger partial charge on any atom is -0.497 e. The highest BCUT2D eigenvalue weighted by Gasteiger charge is 2.35. The Balaban J connectivity index is 1.77. The molecule has 2 aromatic carbocycles. The van der Waals surface area contributed by atoms with Crippen LogP contribution in [0.3, 0.4) is 0 Å². The van der Waals surface area contributed by atoms with Gasteiger partial charge in [0.05, 0.1) is 12.0 Å². The van der Waals surface area contributed by atoms with Gasteiger partial charge in [-0.2, -0.15) is 4.72 Å². The zero-order chi connectivity index (χ0) is 18.0. The summed E-state index contributed by atoms with van der Waals surface area (Å²) >= 11 is 0. The summed E-state index contributed by atoms with van der Waals surface area (Å²) in [5.41, 5.74) is 0.537. The molecular weight excluding hydrogens is 347 g/mol. The molecule has 0 aliphatic carbocycles. The fourth-order valence-electron chi connectivity index (χ4n) is 2.69. The molecule has 132 valence electrons. The molecule has 0 bridgehead atoms. The van der Waals surface area contributed by atoms with Crippen LogP contribution in [0, 0.1) is 5.82 Å². The Morgan fingerprint density at radius 2 is 1.92 bits per heavy atom. The largest absolute Gasteiger partial charge is 0.497 e. The standard InChI is InChI=1S/C17H17FN2O4S/c1-24-14-3-2-4-15(11-14)25(22,23)19-16-9-10-20(17(16)21)13-7-5-12(18)6-8-13/h2-8,11,16,19H,9-10H2,1H3. The first-order chi connectivity index (χ1) is 11.9. The molecule has 1 fully saturated rings. The van der Waals surface area contributed by atoms with Gasteiger partial charge in [0.1, 0.15) is 17.6 Å². The Hall–Kier alpha value is -2.45. The lowest BCUT2D eigenvalue weighted by molar-refractivity contribution is -0.118. The number of carbonyl (C=O) groups is 1. The van der Waals surface area contributed by atoms with Gasteiger partial charge in [-0.05, 0) is 42.8 Å². The molecule has 1 aliphatic rings. The third-order valence-corrected chi connectivity index (χ3v) is 5.46. The van der Waals surface area contributed by atoms with Crippen molar-refractivity contribution in [3.63, 3.8) is 0 Å². The maximum atomic E-state index is 13.0. The van der Waals surface area contributed by atoms with Crippen molar-refractivity contribution in [3.05, 3.63) is 54.3 Å². The monoisotopic (exact) mass is 364 g/mol. The second-order valence-corrected chi connectivity index (χ2v) is 7.32. The normalized spacial score (nSPS) is 17.8. The van der Waals surface area contributed by atoms with Gasteiger partial charge in [-0.1, -0.05) is 6.07 Å². The Labute approximate surface area is 145 Å². The van der Waals surface area contributed by atoms with Crippen LogP contribution >= 0.6 is 0 Å². The van der Waals surface area contributed by atoms with Crippen molar-refractivity contribution in [1.29, 1.82) is 0 Å². The first kappa shape index (κ1) is 17.4. The van der Waals surface area contributed by atoms with Gasteiger partial charge < -0.3 is 9.64 Å². The number of hydrogen-bond acceptors (Lipinski definition) is 4. The SMILES string of the molecule is COc1cccc(S(=O)(=O)NC2CCN(c3ccc(F)cc3)C2=O)c1. The number of hydrogen-bond donors (Lipinski definition) is 1. The fourth-order valence-corrected chi connectivity index (χ4v) is 3.95. The number of benzene rings is 2. The van der Waals surface area contributed by atoms with Gasteiger partial charge in [-0.3, -0.25) is 4.79 Å². The molecule has 0 radical (unpaired) electrons. The second kappa shape index (κ2) is 6.81. The summed E-state index contributed by atoms with van der Waals surface area (Å²) in [5.74, 6) is -0.350. The number of carbonyl (C=O) groups excluding carboxylic acids is 1. The van der Waals surface area contributed by atoms with Crippen LogP contribution in [0.4, 0.5) is 10.1 Å². The van der Waals surface area contributed by atoms with E-state index in [1.54, 1.807) is 12.1 Å². The lowest BCUT2D eigenvalue weighted by Gasteiger charge is -2.17. The van der Waals surface area contributed by atoms with E-state index in [1.165, 1.54) is 48.4 Å². The number of halogens is 1. The average Bonchev–Trinajstić information content (AvgIpc) is 2.96. The average molecular weight is 364 g/mol. The molecule has 3 rings (SSSR count). The molecule has 1 saturated heterocycles. The zero-order valence-electron chi connectivity index (χ0n) is 13.5. The minimum absolute atomic E-state index is 0.0277. The van der Waals surface area contributed by atoms with E-state index in [1.807, 2.05) is 0 Å². The predicted octanol–water partition coefficient (Wildman–Crippen LogP) is 1.92. The summed E-state index contributed by atoms with van der Waals surface area (Å²) in [6.45, 7) is 0.357. The van der Waals surface area contributed by atoms with E-state index in [2.05, 4.69) is 4.72 Å². The number of ether oxygens (including phenoxy) is 1. The molecule has 0 spiro atoms. The molecule has 2 aromatic rings. The summed E-state index contributed by atoms with van der Waals surface area (Å²) < 4.78 is 45.5. The van der Waals surface area contributed by atoms with E-state index in [0.29, 0.717) is 24.4 Å². The van der Waals surface area contributed by atoms with Crippen molar-refractivity contribution in [2.45, 2.75) is 17.4 Å². The quantitative estimate of drug-likeness (QED) is 0.880. The molecule has 1 unspecified atom stereocenters. The first-order valence-corrected chi connectivity index (χ1v) is 9.12. The number of rotatable bonds is 5. The Morgan fingerprint density at radius 1 is 1.20 bits per heavy atom. The van der Waals surface area contributed by atoms with Crippen molar-refractivity contribution < 1.29 is 22.3 Å². The molecule has 25 heavy (non-hydrogen) atoms. The highest BCUT2D eigenvalue weighted by Crippen LogP contribution is 2.24. The lowest BCUT2D eigenvalue weighted by Crippen LogP contribution is -2.41. The van der Waals surface area contributed by atoms with E-state index >= 15 is 0 Å². The van der Waals surface area contributed by atoms with E-state index in [4.69, 9.17) is 4.74 Å². The van der Waals surface area contributed by atoms with E-state index < -0.39 is 21.9 Å². The topological polar surface area (TPSA) is 75.7 Å². The van der Waals surface area contributed by atoms with E-state index in [0.717, 1.165) is 0 Å². The number of anilines is 1. The zero-order valence-corrected chi connectivity index (χ0v) is 14.3. The summed E-state index contributed by atoms with van der Waals surface area (Å²) in [6, 6.07) is 10.7. The van der Waals surface area contributed by atoms with Crippen molar-refractivity contribution in [2.24, 2.45) is 0 Å². The molecular formula is C17H17FN2O4S. The van der Waals surface area contributed by atoms with Crippen LogP contribution in [0.1, 0.15) is 6.42 Å². The third-order valence-electron chi connectivity index (χ3n) is 3.99. The molecule has 0 saturated carbocycles. The van der Waals surface area contributed by atoms with E-state index in [9.17, 15) is 17.6 Å². The third kappa shape index (κ3) is 3.64. The first-order valence-electron chi connectivity index (χ1n) is 7.64. The van der Waals surface area contributed by atoms with E-state index in [-0.39, 0.29) is 10.8 Å². The lowest BCUT2D eigenvalue weighted by atomic mass is 10.3. The Kier molecular flexibility index (Phi) is 4.73. The Morgan fingerprint density at radius 3 is 2.60 bits per heavy atom. The van der Waals surface area contributed by atoms with Gasteiger partial charge in [0.15, 0.2) is 0 Å². The highest BCUT2D eigenvalue weighted by atomic mass is 32.2. The van der Waals surface area contributed by atoms with Gasteiger partial charge in [0.25, 0.3) is 0 Å². The van der Waals surface area contributed by atoms with Crippen molar-refractivity contribution in [2.75, 3.05) is 18.6 Å². The molecule has 1 N–H and O–H groups in total. The van der Waals surface area contributed by atoms with Gasteiger partial charge in [0, 0.05) is 18.3 Å². The van der Waals surface area contributed by atoms with Crippen LogP contribution in [0.15, 0.2) is 53.4 Å². The van der Waals surface area contributed by atoms with Crippen LogP contribution in [-0.2, 0) is 14.8 Å². The van der Waals surface area contributed by atoms with Crippen molar-refractivity contribution >= 4 is 21.6 Å². The second-order valence-electron chi connectivity index (χ2n) is 5.61. The van der Waals surface area contributed by atoms with Gasteiger partial charge >= 0.3 is 0 Å². The van der Waals surface area contributed by atoms with Gasteiger partial charge in [-0.15, -0.1) is 0 Å². The highest BCUT2D eigenvalue weighted by molar-refractivity contribution is 7.89. The van der Waals surface area contributed by atoms with Crippen LogP contribution < -0.4 is 14.4 Å². The summed E-state index contributed by atoms with van der Waals surface area (Å²) in [6.07, 6.45) is 0.333. The summed E-state index contributed by atoms with van der Waals surface area (Å²) in [5, 5.41) is 0. The molecule has 1 aliphatic heterocycles. The number of nitrogens with one attached hydrogen (secondary N) is 1. The maximum Gasteiger partial charge on any atom is 0.245 e. The Bertz CT molecular complexity index is 884. The van der Waals surface area contributed by atoms with Crippen LogP contribution in [-0.4, -0.2) is 34.0 Å². The molecule has 0 aromatic heterocycles. The molecule has 6 nitrogen and oxygen atoms in total. The van der Waals surface area contributed by atoms with Crippen LogP contribution in [0.2, 0.25) is 0 Å². The van der Waals surface area contributed by atoms with Crippen LogP contribution in [0.25, 0.3) is 0 Å². The molecule has 1 atom stereocenters. The smallest absolute Gasteiger partial charge is 0.245 e. The van der Waals surface area contributed by atoms with Crippen molar-refractivity contribution in [3.8, 4) is 5.75 Å². The predicted molar refractivity (Wildman–Crippen MR) is 90.5 cm³/mol. The van der Waals surface area contributed by atoms with Gasteiger partial charge in [0.2, 0.25) is 15.9 Å². The maximum absolute atomic E-state index is 13.0. The van der Waals surface area contributed by atoms with Gasteiger partial charge in [-0.25, -0.2) is 12.8 Å². The number of amides is 1. The summed E-state index contributed by atoms with van der Waals surface area (Å²) in [7, 11) is -2.41. The summed E-state index contributed by atoms with van der Waals surface area (Å²) in [4.78, 5) is 14.0. The number of methoxy groups -OCH3 is 1. The minimum atomic E-state index is -3.86. The number of sulfonamides is 1. The molecule has 1 amide bonds. The van der Waals surface area contributed by atoms with Crippen molar-refractivity contribution in [1.82, 2.24) is 4.72 Å². The van der Waals surface area contributed by atoms with Crippen LogP contribution in [0.5, 0.6) is 5.75 Å². The fraction of sp³-hybridized carbons (Fsp3) is 0.235. The number of nitrogens with zero attached hydrogens (tertiary/aromatic N) is 1. The molecule has 8 heteroatoms. The molecule has 1 heterocycles.